The molecule has 7 heteroatoms. The third-order valence-electron chi connectivity index (χ3n) is 6.18. The predicted octanol–water partition coefficient (Wildman–Crippen LogP) is 2.92. The van der Waals surface area contributed by atoms with Gasteiger partial charge in [0.2, 0.25) is 5.91 Å². The molecule has 0 unspecified atom stereocenters. The molecule has 0 spiro atoms. The third-order valence-corrected chi connectivity index (χ3v) is 6.18. The quantitative estimate of drug-likeness (QED) is 0.815. The molecule has 4 rings (SSSR count). The number of fused-ring (bicyclic) bond motifs is 1. The SMILES string of the molecule is Cl.Cl.O=C(NCc1ccc(N2CCCC2)nc1)[C@@]12CCCC[C@H]1CNC2. The van der Waals surface area contributed by atoms with Crippen LogP contribution in [0.4, 0.5) is 5.82 Å². The zero-order valence-corrected chi connectivity index (χ0v) is 16.8. The normalized spacial score (nSPS) is 27.2. The maximum atomic E-state index is 12.9. The Morgan fingerprint density at radius 2 is 2.04 bits per heavy atom. The van der Waals surface area contributed by atoms with E-state index in [4.69, 9.17) is 0 Å². The van der Waals surface area contributed by atoms with Crippen LogP contribution in [0.1, 0.15) is 44.1 Å². The smallest absolute Gasteiger partial charge is 0.228 e. The molecule has 0 bridgehead atoms. The summed E-state index contributed by atoms with van der Waals surface area (Å²) in [5, 5.41) is 6.63. The van der Waals surface area contributed by atoms with Crippen molar-refractivity contribution < 1.29 is 4.79 Å². The number of halogens is 2. The predicted molar refractivity (Wildman–Crippen MR) is 109 cm³/mol. The van der Waals surface area contributed by atoms with Gasteiger partial charge in [0, 0.05) is 32.4 Å². The molecule has 3 aliphatic rings. The Hall–Kier alpha value is -1.04. The van der Waals surface area contributed by atoms with E-state index in [9.17, 15) is 4.79 Å². The van der Waals surface area contributed by atoms with E-state index in [2.05, 4.69) is 32.7 Å². The second kappa shape index (κ2) is 9.25. The van der Waals surface area contributed by atoms with Crippen molar-refractivity contribution in [3.05, 3.63) is 23.9 Å². The van der Waals surface area contributed by atoms with E-state index in [0.717, 1.165) is 44.0 Å². The van der Waals surface area contributed by atoms with Crippen LogP contribution in [0.5, 0.6) is 0 Å². The second-order valence-corrected chi connectivity index (χ2v) is 7.63. The number of hydrogen-bond donors (Lipinski definition) is 2. The van der Waals surface area contributed by atoms with E-state index in [1.54, 1.807) is 0 Å². The number of nitrogens with zero attached hydrogens (tertiary/aromatic N) is 2. The highest BCUT2D eigenvalue weighted by molar-refractivity contribution is 5.85. The molecule has 1 aliphatic carbocycles. The number of amides is 1. The largest absolute Gasteiger partial charge is 0.357 e. The molecule has 0 radical (unpaired) electrons. The van der Waals surface area contributed by atoms with Crippen LogP contribution in [0.25, 0.3) is 0 Å². The summed E-state index contributed by atoms with van der Waals surface area (Å²) in [6, 6.07) is 4.19. The number of carbonyl (C=O) groups excluding carboxylic acids is 1. The van der Waals surface area contributed by atoms with Gasteiger partial charge in [-0.05, 0) is 49.8 Å². The molecule has 3 fully saturated rings. The number of carbonyl (C=O) groups is 1. The van der Waals surface area contributed by atoms with Crippen molar-refractivity contribution in [2.45, 2.75) is 45.1 Å². The van der Waals surface area contributed by atoms with Gasteiger partial charge in [-0.15, -0.1) is 24.8 Å². The summed E-state index contributed by atoms with van der Waals surface area (Å²) in [5.41, 5.74) is 0.919. The van der Waals surface area contributed by atoms with Crippen LogP contribution in [0.15, 0.2) is 18.3 Å². The van der Waals surface area contributed by atoms with Crippen molar-refractivity contribution in [2.24, 2.45) is 11.3 Å². The van der Waals surface area contributed by atoms with Gasteiger partial charge in [0.15, 0.2) is 0 Å². The van der Waals surface area contributed by atoms with Gasteiger partial charge >= 0.3 is 0 Å². The first kappa shape index (κ1) is 21.3. The van der Waals surface area contributed by atoms with Crippen molar-refractivity contribution >= 4 is 36.5 Å². The number of pyridine rings is 1. The summed E-state index contributed by atoms with van der Waals surface area (Å²) in [5.74, 6) is 1.82. The van der Waals surface area contributed by atoms with E-state index in [-0.39, 0.29) is 36.1 Å². The van der Waals surface area contributed by atoms with Crippen LogP contribution in [0, 0.1) is 11.3 Å². The van der Waals surface area contributed by atoms with Crippen LogP contribution < -0.4 is 15.5 Å². The van der Waals surface area contributed by atoms with Gasteiger partial charge in [-0.3, -0.25) is 4.79 Å². The lowest BCUT2D eigenvalue weighted by Gasteiger charge is -2.37. The van der Waals surface area contributed by atoms with Crippen LogP contribution in [0.2, 0.25) is 0 Å². The van der Waals surface area contributed by atoms with Gasteiger partial charge in [-0.25, -0.2) is 4.98 Å². The average molecular weight is 401 g/mol. The molecule has 2 atom stereocenters. The first-order valence-corrected chi connectivity index (χ1v) is 9.47. The molecule has 3 heterocycles. The van der Waals surface area contributed by atoms with E-state index in [1.165, 1.54) is 32.1 Å². The summed E-state index contributed by atoms with van der Waals surface area (Å²) >= 11 is 0. The minimum absolute atomic E-state index is 0. The van der Waals surface area contributed by atoms with E-state index in [1.807, 2.05) is 6.20 Å². The number of nitrogens with one attached hydrogen (secondary N) is 2. The molecule has 5 nitrogen and oxygen atoms in total. The minimum Gasteiger partial charge on any atom is -0.357 e. The van der Waals surface area contributed by atoms with E-state index in [0.29, 0.717) is 12.5 Å². The Morgan fingerprint density at radius 1 is 1.23 bits per heavy atom. The number of rotatable bonds is 4. The van der Waals surface area contributed by atoms with Gasteiger partial charge in [0.1, 0.15) is 5.82 Å². The number of anilines is 1. The zero-order valence-electron chi connectivity index (χ0n) is 15.2. The summed E-state index contributed by atoms with van der Waals surface area (Å²) in [6.07, 6.45) is 9.10. The van der Waals surface area contributed by atoms with Crippen molar-refractivity contribution in [3.63, 3.8) is 0 Å². The molecule has 2 saturated heterocycles. The van der Waals surface area contributed by atoms with Crippen molar-refractivity contribution in [1.29, 1.82) is 0 Å². The fourth-order valence-electron chi connectivity index (χ4n) is 4.70. The van der Waals surface area contributed by atoms with Gasteiger partial charge in [-0.2, -0.15) is 0 Å². The lowest BCUT2D eigenvalue weighted by Crippen LogP contribution is -2.47. The summed E-state index contributed by atoms with van der Waals surface area (Å²) < 4.78 is 0. The lowest BCUT2D eigenvalue weighted by atomic mass is 9.67. The summed E-state index contributed by atoms with van der Waals surface area (Å²) in [6.45, 7) is 4.65. The first-order valence-electron chi connectivity index (χ1n) is 9.47. The molecule has 2 aliphatic heterocycles. The van der Waals surface area contributed by atoms with Gasteiger partial charge in [-0.1, -0.05) is 18.9 Å². The molecule has 1 aromatic rings. The maximum Gasteiger partial charge on any atom is 0.228 e. The van der Waals surface area contributed by atoms with Crippen molar-refractivity contribution in [3.8, 4) is 0 Å². The number of aromatic nitrogens is 1. The lowest BCUT2D eigenvalue weighted by molar-refractivity contribution is -0.134. The van der Waals surface area contributed by atoms with Gasteiger partial charge in [0.05, 0.1) is 5.41 Å². The standard InChI is InChI=1S/C19H28N4O.2ClH/c24-18(19-8-2-1-5-16(19)13-20-14-19)22-12-15-6-7-17(21-11-15)23-9-3-4-10-23;;/h6-7,11,16,20H,1-5,8-10,12-14H2,(H,22,24);2*1H/t16-,19+;;/m0../s1. The topological polar surface area (TPSA) is 57.3 Å². The Kier molecular flexibility index (Phi) is 7.56. The monoisotopic (exact) mass is 400 g/mol. The van der Waals surface area contributed by atoms with Crippen LogP contribution in [-0.2, 0) is 11.3 Å². The molecule has 2 N–H and O–H groups in total. The van der Waals surface area contributed by atoms with Crippen LogP contribution in [-0.4, -0.2) is 37.1 Å². The van der Waals surface area contributed by atoms with Gasteiger partial charge < -0.3 is 15.5 Å². The second-order valence-electron chi connectivity index (χ2n) is 7.63. The zero-order chi connectivity index (χ0) is 16.4. The molecular weight excluding hydrogens is 371 g/mol. The minimum atomic E-state index is -0.166. The molecule has 26 heavy (non-hydrogen) atoms. The Morgan fingerprint density at radius 3 is 2.77 bits per heavy atom. The van der Waals surface area contributed by atoms with Crippen molar-refractivity contribution in [1.82, 2.24) is 15.6 Å². The van der Waals surface area contributed by atoms with Crippen LogP contribution in [0.3, 0.4) is 0 Å². The highest BCUT2D eigenvalue weighted by Crippen LogP contribution is 2.43. The maximum absolute atomic E-state index is 12.9. The Balaban J connectivity index is 0.00000121. The first-order chi connectivity index (χ1) is 11.8. The fourth-order valence-corrected chi connectivity index (χ4v) is 4.70. The summed E-state index contributed by atoms with van der Waals surface area (Å²) in [4.78, 5) is 19.8. The molecule has 1 saturated carbocycles. The average Bonchev–Trinajstić information content (AvgIpc) is 3.30. The molecular formula is C19H30Cl2N4O. The van der Waals surface area contributed by atoms with Gasteiger partial charge in [0.25, 0.3) is 0 Å². The highest BCUT2D eigenvalue weighted by atomic mass is 35.5. The molecule has 146 valence electrons. The van der Waals surface area contributed by atoms with Crippen LogP contribution >= 0.6 is 24.8 Å². The molecule has 0 aromatic carbocycles. The highest BCUT2D eigenvalue weighted by Gasteiger charge is 2.49. The third kappa shape index (κ3) is 4.10. The van der Waals surface area contributed by atoms with E-state index < -0.39 is 0 Å². The summed E-state index contributed by atoms with van der Waals surface area (Å²) in [7, 11) is 0. The van der Waals surface area contributed by atoms with E-state index >= 15 is 0 Å². The molecule has 1 aromatic heterocycles. The Bertz CT molecular complexity index is 592. The number of hydrogen-bond acceptors (Lipinski definition) is 4. The fraction of sp³-hybridized carbons (Fsp3) is 0.684. The van der Waals surface area contributed by atoms with Crippen molar-refractivity contribution in [2.75, 3.05) is 31.1 Å². The Labute approximate surface area is 168 Å². The molecule has 1 amide bonds.